The first-order chi connectivity index (χ1) is 11.2. The highest BCUT2D eigenvalue weighted by Gasteiger charge is 2.29. The van der Waals surface area contributed by atoms with Crippen LogP contribution in [0.15, 0.2) is 60.7 Å². The maximum Gasteiger partial charge on any atom is 0.315 e. The minimum atomic E-state index is -0.567. The number of benzene rings is 2. The van der Waals surface area contributed by atoms with Crippen LogP contribution in [0.1, 0.15) is 17.5 Å². The lowest BCUT2D eigenvalue weighted by molar-refractivity contribution is 0.121. The molecule has 120 valence electrons. The third kappa shape index (κ3) is 4.33. The molecule has 3 atom stereocenters. The van der Waals surface area contributed by atoms with Crippen molar-refractivity contribution in [2.45, 2.75) is 37.5 Å². The summed E-state index contributed by atoms with van der Waals surface area (Å²) >= 11 is 0. The molecule has 2 amide bonds. The second-order valence-corrected chi connectivity index (χ2v) is 6.10. The first-order valence-electron chi connectivity index (χ1n) is 8.03. The van der Waals surface area contributed by atoms with E-state index in [-0.39, 0.29) is 18.1 Å². The number of hydrogen-bond acceptors (Lipinski definition) is 2. The molecule has 1 aliphatic rings. The summed E-state index contributed by atoms with van der Waals surface area (Å²) in [5.41, 5.74) is 2.27. The fourth-order valence-corrected chi connectivity index (χ4v) is 3.09. The highest BCUT2D eigenvalue weighted by atomic mass is 16.3. The maximum absolute atomic E-state index is 12.1. The van der Waals surface area contributed by atoms with Crippen LogP contribution in [0.25, 0.3) is 0 Å². The number of aliphatic hydroxyl groups excluding tert-OH is 1. The molecule has 2 aromatic rings. The molecule has 0 aliphatic carbocycles. The van der Waals surface area contributed by atoms with Crippen LogP contribution in [-0.2, 0) is 12.8 Å². The highest BCUT2D eigenvalue weighted by molar-refractivity contribution is 5.75. The van der Waals surface area contributed by atoms with Crippen LogP contribution in [0.2, 0.25) is 0 Å². The number of rotatable bonds is 4. The summed E-state index contributed by atoms with van der Waals surface area (Å²) in [6.45, 7) is 0. The highest BCUT2D eigenvalue weighted by Crippen LogP contribution is 2.15. The average molecular weight is 310 g/mol. The van der Waals surface area contributed by atoms with E-state index < -0.39 is 6.10 Å². The predicted molar refractivity (Wildman–Crippen MR) is 90.2 cm³/mol. The maximum atomic E-state index is 12.1. The average Bonchev–Trinajstić information content (AvgIpc) is 2.68. The van der Waals surface area contributed by atoms with Crippen LogP contribution in [-0.4, -0.2) is 29.3 Å². The van der Waals surface area contributed by atoms with Crippen molar-refractivity contribution in [2.24, 2.45) is 0 Å². The zero-order valence-corrected chi connectivity index (χ0v) is 13.0. The van der Waals surface area contributed by atoms with Gasteiger partial charge in [0, 0.05) is 6.04 Å². The van der Waals surface area contributed by atoms with Gasteiger partial charge in [-0.2, -0.15) is 0 Å². The molecule has 0 bridgehead atoms. The number of aliphatic hydroxyl groups is 1. The summed E-state index contributed by atoms with van der Waals surface area (Å²) in [4.78, 5) is 12.1. The fourth-order valence-electron chi connectivity index (χ4n) is 3.09. The number of carbonyl (C=O) groups excluding carboxylic acids is 1. The smallest absolute Gasteiger partial charge is 0.315 e. The van der Waals surface area contributed by atoms with Gasteiger partial charge in [0.1, 0.15) is 0 Å². The fraction of sp³-hybridized carbons (Fsp3) is 0.316. The van der Waals surface area contributed by atoms with Crippen molar-refractivity contribution in [2.75, 3.05) is 0 Å². The van der Waals surface area contributed by atoms with Gasteiger partial charge in [-0.05, 0) is 30.4 Å². The van der Waals surface area contributed by atoms with E-state index in [0.29, 0.717) is 12.8 Å². The summed E-state index contributed by atoms with van der Waals surface area (Å²) in [5.74, 6) is 0. The molecule has 1 fully saturated rings. The molecule has 3 N–H and O–H groups in total. The summed E-state index contributed by atoms with van der Waals surface area (Å²) in [5, 5.41) is 16.4. The molecule has 0 spiro atoms. The van der Waals surface area contributed by atoms with Crippen molar-refractivity contribution >= 4 is 6.03 Å². The van der Waals surface area contributed by atoms with Crippen LogP contribution >= 0.6 is 0 Å². The number of hydrogen-bond donors (Lipinski definition) is 3. The minimum Gasteiger partial charge on any atom is -0.391 e. The van der Waals surface area contributed by atoms with E-state index in [1.807, 2.05) is 60.7 Å². The molecule has 23 heavy (non-hydrogen) atoms. The van der Waals surface area contributed by atoms with E-state index >= 15 is 0 Å². The number of urea groups is 1. The zero-order valence-electron chi connectivity index (χ0n) is 13.0. The Morgan fingerprint density at radius 3 is 2.04 bits per heavy atom. The van der Waals surface area contributed by atoms with Crippen molar-refractivity contribution in [3.8, 4) is 0 Å². The molecule has 2 aromatic carbocycles. The predicted octanol–water partition coefficient (Wildman–Crippen LogP) is 2.27. The second-order valence-electron chi connectivity index (χ2n) is 6.10. The van der Waals surface area contributed by atoms with Crippen LogP contribution in [0, 0.1) is 0 Å². The summed E-state index contributed by atoms with van der Waals surface area (Å²) < 4.78 is 0. The quantitative estimate of drug-likeness (QED) is 0.811. The number of amides is 2. The van der Waals surface area contributed by atoms with Crippen molar-refractivity contribution in [3.05, 3.63) is 71.8 Å². The lowest BCUT2D eigenvalue weighted by atomic mass is 9.95. The molecular formula is C19H22N2O2. The van der Waals surface area contributed by atoms with Gasteiger partial charge in [0.15, 0.2) is 0 Å². The van der Waals surface area contributed by atoms with Crippen molar-refractivity contribution < 1.29 is 9.90 Å². The normalized spacial score (nSPS) is 24.4. The topological polar surface area (TPSA) is 61.4 Å². The Morgan fingerprint density at radius 2 is 1.43 bits per heavy atom. The van der Waals surface area contributed by atoms with Crippen molar-refractivity contribution in [1.82, 2.24) is 10.6 Å². The molecule has 1 saturated heterocycles. The van der Waals surface area contributed by atoms with E-state index in [1.54, 1.807) is 0 Å². The molecule has 0 saturated carbocycles. The van der Waals surface area contributed by atoms with Gasteiger partial charge in [0.2, 0.25) is 0 Å². The van der Waals surface area contributed by atoms with Crippen LogP contribution in [0.4, 0.5) is 4.79 Å². The Bertz CT molecular complexity index is 630. The van der Waals surface area contributed by atoms with Crippen LogP contribution < -0.4 is 10.6 Å². The van der Waals surface area contributed by atoms with Gasteiger partial charge in [-0.25, -0.2) is 4.79 Å². The van der Waals surface area contributed by atoms with Gasteiger partial charge in [0.05, 0.1) is 12.1 Å². The zero-order chi connectivity index (χ0) is 16.1. The molecule has 0 unspecified atom stereocenters. The van der Waals surface area contributed by atoms with Gasteiger partial charge >= 0.3 is 6.03 Å². The first kappa shape index (κ1) is 15.6. The minimum absolute atomic E-state index is 0.0619. The Balaban J connectivity index is 1.66. The standard InChI is InChI=1S/C19H22N2O2/c22-18-13-16(11-14-7-3-1-4-8-14)20-19(23)21-17(18)12-15-9-5-2-6-10-15/h1-10,16-18,22H,11-13H2,(H2,20,21,23)/t16-,17-,18-/m0/s1. The molecule has 3 rings (SSSR count). The van der Waals surface area contributed by atoms with Crippen LogP contribution in [0.5, 0.6) is 0 Å². The van der Waals surface area contributed by atoms with E-state index in [4.69, 9.17) is 0 Å². The third-order valence-electron chi connectivity index (χ3n) is 4.27. The number of nitrogens with one attached hydrogen (secondary N) is 2. The van der Waals surface area contributed by atoms with Crippen molar-refractivity contribution in [1.29, 1.82) is 0 Å². The lowest BCUT2D eigenvalue weighted by Gasteiger charge is -2.21. The number of carbonyl (C=O) groups is 1. The van der Waals surface area contributed by atoms with Gasteiger partial charge in [-0.1, -0.05) is 60.7 Å². The SMILES string of the molecule is O=C1N[C@@H](Cc2ccccc2)C[C@H](O)[C@H](Cc2ccccc2)N1. The molecule has 0 radical (unpaired) electrons. The van der Waals surface area contributed by atoms with E-state index in [0.717, 1.165) is 17.5 Å². The van der Waals surface area contributed by atoms with Crippen molar-refractivity contribution in [3.63, 3.8) is 0 Å². The summed E-state index contributed by atoms with van der Waals surface area (Å²) in [7, 11) is 0. The summed E-state index contributed by atoms with van der Waals surface area (Å²) in [6.07, 6.45) is 1.34. The van der Waals surface area contributed by atoms with Gasteiger partial charge in [-0.3, -0.25) is 0 Å². The third-order valence-corrected chi connectivity index (χ3v) is 4.27. The summed E-state index contributed by atoms with van der Waals surface area (Å²) in [6, 6.07) is 19.4. The van der Waals surface area contributed by atoms with E-state index in [1.165, 1.54) is 0 Å². The first-order valence-corrected chi connectivity index (χ1v) is 8.03. The Hall–Kier alpha value is -2.33. The van der Waals surface area contributed by atoms with E-state index in [9.17, 15) is 9.90 Å². The van der Waals surface area contributed by atoms with Gasteiger partial charge < -0.3 is 15.7 Å². The molecule has 0 aromatic heterocycles. The molecule has 1 aliphatic heterocycles. The van der Waals surface area contributed by atoms with E-state index in [2.05, 4.69) is 10.6 Å². The molecular weight excluding hydrogens is 288 g/mol. The second kappa shape index (κ2) is 7.29. The lowest BCUT2D eigenvalue weighted by Crippen LogP contribution is -2.45. The largest absolute Gasteiger partial charge is 0.391 e. The van der Waals surface area contributed by atoms with Gasteiger partial charge in [0.25, 0.3) is 0 Å². The van der Waals surface area contributed by atoms with Gasteiger partial charge in [-0.15, -0.1) is 0 Å². The molecule has 4 nitrogen and oxygen atoms in total. The Morgan fingerprint density at radius 1 is 0.870 bits per heavy atom. The Labute approximate surface area is 136 Å². The molecule has 4 heteroatoms. The molecule has 1 heterocycles. The van der Waals surface area contributed by atoms with Crippen LogP contribution in [0.3, 0.4) is 0 Å². The Kier molecular flexibility index (Phi) is 4.93. The monoisotopic (exact) mass is 310 g/mol.